The van der Waals surface area contributed by atoms with Crippen molar-refractivity contribution in [2.24, 2.45) is 0 Å². The Morgan fingerprint density at radius 1 is 1.13 bits per heavy atom. The fraction of sp³-hybridized carbons (Fsp3) is 0.286. The third kappa shape index (κ3) is 5.60. The molecule has 0 saturated carbocycles. The molecule has 0 aliphatic rings. The predicted octanol–water partition coefficient (Wildman–Crippen LogP) is 4.37. The van der Waals surface area contributed by atoms with Crippen molar-refractivity contribution in [3.8, 4) is 5.75 Å². The molecule has 1 heterocycles. The van der Waals surface area contributed by atoms with E-state index < -0.39 is 17.7 Å². The summed E-state index contributed by atoms with van der Waals surface area (Å²) in [5.74, 6) is -0.483. The lowest BCUT2D eigenvalue weighted by Gasteiger charge is -2.13. The van der Waals surface area contributed by atoms with Crippen LogP contribution < -0.4 is 10.1 Å². The molecule has 31 heavy (non-hydrogen) atoms. The highest BCUT2D eigenvalue weighted by Gasteiger charge is 2.29. The van der Waals surface area contributed by atoms with Crippen LogP contribution in [0.2, 0.25) is 0 Å². The van der Waals surface area contributed by atoms with E-state index >= 15 is 0 Å². The summed E-state index contributed by atoms with van der Waals surface area (Å²) >= 11 is 0. The van der Waals surface area contributed by atoms with Gasteiger partial charge in [-0.25, -0.2) is 14.8 Å². The lowest BCUT2D eigenvalue weighted by molar-refractivity contribution is -0.137. The zero-order valence-corrected chi connectivity index (χ0v) is 16.6. The standard InChI is InChI=1S/C21H20F3N3O4/c1-30-7-2-8-31-15-9-16-18(17(10-15)20(28)29)26-12-27-19(16)25-11-13-3-5-14(6-4-13)21(22,23)24/h3-6,9-10,12H,2,7-8,11H2,1H3,(H,28,29)(H,25,26,27). The van der Waals surface area contributed by atoms with Gasteiger partial charge in [0.15, 0.2) is 0 Å². The smallest absolute Gasteiger partial charge is 0.416 e. The summed E-state index contributed by atoms with van der Waals surface area (Å²) < 4.78 is 48.8. The molecule has 2 aromatic carbocycles. The molecule has 0 unspecified atom stereocenters. The van der Waals surface area contributed by atoms with E-state index in [2.05, 4.69) is 15.3 Å². The molecule has 0 amide bonds. The third-order valence-corrected chi connectivity index (χ3v) is 4.45. The Morgan fingerprint density at radius 3 is 2.52 bits per heavy atom. The number of carboxylic acid groups (broad SMARTS) is 1. The summed E-state index contributed by atoms with van der Waals surface area (Å²) in [7, 11) is 1.57. The zero-order valence-electron chi connectivity index (χ0n) is 16.6. The second kappa shape index (κ2) is 9.61. The second-order valence-electron chi connectivity index (χ2n) is 6.64. The van der Waals surface area contributed by atoms with Gasteiger partial charge in [-0.1, -0.05) is 12.1 Å². The monoisotopic (exact) mass is 435 g/mol. The number of anilines is 1. The molecule has 0 aliphatic carbocycles. The van der Waals surface area contributed by atoms with Crippen LogP contribution in [0.15, 0.2) is 42.7 Å². The van der Waals surface area contributed by atoms with Gasteiger partial charge in [-0.05, 0) is 29.8 Å². The van der Waals surface area contributed by atoms with Crippen molar-refractivity contribution in [3.63, 3.8) is 0 Å². The highest BCUT2D eigenvalue weighted by molar-refractivity contribution is 6.05. The van der Waals surface area contributed by atoms with Crippen molar-refractivity contribution < 1.29 is 32.5 Å². The number of methoxy groups -OCH3 is 1. The summed E-state index contributed by atoms with van der Waals surface area (Å²) in [4.78, 5) is 19.9. The van der Waals surface area contributed by atoms with E-state index in [1.807, 2.05) is 0 Å². The Kier molecular flexibility index (Phi) is 6.91. The summed E-state index contributed by atoms with van der Waals surface area (Å²) in [6, 6.07) is 7.76. The molecule has 0 radical (unpaired) electrons. The number of alkyl halides is 3. The number of nitrogens with one attached hydrogen (secondary N) is 1. The molecule has 0 atom stereocenters. The molecule has 3 rings (SSSR count). The number of hydrogen-bond donors (Lipinski definition) is 2. The zero-order chi connectivity index (χ0) is 22.4. The van der Waals surface area contributed by atoms with Crippen molar-refractivity contribution in [1.82, 2.24) is 9.97 Å². The maximum absolute atomic E-state index is 12.7. The van der Waals surface area contributed by atoms with Crippen molar-refractivity contribution >= 4 is 22.7 Å². The Morgan fingerprint density at radius 2 is 1.87 bits per heavy atom. The van der Waals surface area contributed by atoms with Gasteiger partial charge in [-0.2, -0.15) is 13.2 Å². The number of ether oxygens (including phenoxy) is 2. The van der Waals surface area contributed by atoms with Gasteiger partial charge in [0, 0.05) is 32.1 Å². The van der Waals surface area contributed by atoms with Crippen LogP contribution >= 0.6 is 0 Å². The van der Waals surface area contributed by atoms with E-state index in [0.29, 0.717) is 42.2 Å². The number of benzene rings is 2. The predicted molar refractivity (Wildman–Crippen MR) is 107 cm³/mol. The fourth-order valence-electron chi connectivity index (χ4n) is 2.92. The van der Waals surface area contributed by atoms with Crippen molar-refractivity contribution in [3.05, 3.63) is 59.4 Å². The molecule has 0 aliphatic heterocycles. The van der Waals surface area contributed by atoms with E-state index in [0.717, 1.165) is 12.1 Å². The molecule has 2 N–H and O–H groups in total. The van der Waals surface area contributed by atoms with Crippen molar-refractivity contribution in [2.45, 2.75) is 19.1 Å². The molecule has 0 spiro atoms. The quantitative estimate of drug-likeness (QED) is 0.482. The van der Waals surface area contributed by atoms with Gasteiger partial charge in [0.05, 0.1) is 23.3 Å². The van der Waals surface area contributed by atoms with E-state index in [9.17, 15) is 23.1 Å². The molecule has 3 aromatic rings. The van der Waals surface area contributed by atoms with Gasteiger partial charge in [0.25, 0.3) is 0 Å². The van der Waals surface area contributed by atoms with E-state index in [4.69, 9.17) is 9.47 Å². The van der Waals surface area contributed by atoms with Crippen LogP contribution in [0.25, 0.3) is 10.9 Å². The largest absolute Gasteiger partial charge is 0.493 e. The molecule has 0 fully saturated rings. The first kappa shape index (κ1) is 22.3. The first-order valence-corrected chi connectivity index (χ1v) is 9.33. The molecular weight excluding hydrogens is 415 g/mol. The molecular formula is C21H20F3N3O4. The molecule has 7 nitrogen and oxygen atoms in total. The van der Waals surface area contributed by atoms with Crippen molar-refractivity contribution in [1.29, 1.82) is 0 Å². The highest BCUT2D eigenvalue weighted by atomic mass is 19.4. The van der Waals surface area contributed by atoms with Crippen LogP contribution in [0.4, 0.5) is 19.0 Å². The Hall–Kier alpha value is -3.40. The number of halogens is 3. The number of fused-ring (bicyclic) bond motifs is 1. The second-order valence-corrected chi connectivity index (χ2v) is 6.64. The number of aromatic carboxylic acids is 1. The molecule has 10 heteroatoms. The fourth-order valence-corrected chi connectivity index (χ4v) is 2.92. The Bertz CT molecular complexity index is 1060. The number of hydrogen-bond acceptors (Lipinski definition) is 6. The topological polar surface area (TPSA) is 93.6 Å². The summed E-state index contributed by atoms with van der Waals surface area (Å²) in [5, 5.41) is 13.0. The van der Waals surface area contributed by atoms with E-state index in [1.165, 1.54) is 24.5 Å². The first-order chi connectivity index (χ1) is 14.8. The highest BCUT2D eigenvalue weighted by Crippen LogP contribution is 2.30. The normalized spacial score (nSPS) is 11.5. The van der Waals surface area contributed by atoms with E-state index in [1.54, 1.807) is 13.2 Å². The minimum absolute atomic E-state index is 0.0424. The number of carbonyl (C=O) groups is 1. The average molecular weight is 435 g/mol. The molecule has 0 saturated heterocycles. The van der Waals surface area contributed by atoms with Gasteiger partial charge in [-0.3, -0.25) is 0 Å². The number of nitrogens with zero attached hydrogens (tertiary/aromatic N) is 2. The van der Waals surface area contributed by atoms with Crippen LogP contribution in [0, 0.1) is 0 Å². The Labute approximate surface area is 175 Å². The third-order valence-electron chi connectivity index (χ3n) is 4.45. The van der Waals surface area contributed by atoms with Gasteiger partial charge >= 0.3 is 12.1 Å². The number of aromatic nitrogens is 2. The van der Waals surface area contributed by atoms with Crippen LogP contribution in [0.5, 0.6) is 5.75 Å². The summed E-state index contributed by atoms with van der Waals surface area (Å²) in [6.07, 6.45) is -2.55. The average Bonchev–Trinajstić information content (AvgIpc) is 2.74. The Balaban J connectivity index is 1.85. The SMILES string of the molecule is COCCCOc1cc(C(=O)O)c2ncnc(NCc3ccc(C(F)(F)F)cc3)c2c1. The van der Waals surface area contributed by atoms with Crippen molar-refractivity contribution in [2.75, 3.05) is 25.6 Å². The van der Waals surface area contributed by atoms with Gasteiger partial charge < -0.3 is 19.9 Å². The minimum Gasteiger partial charge on any atom is -0.493 e. The lowest BCUT2D eigenvalue weighted by Crippen LogP contribution is -2.08. The van der Waals surface area contributed by atoms with Crippen LogP contribution in [-0.4, -0.2) is 41.4 Å². The van der Waals surface area contributed by atoms with E-state index in [-0.39, 0.29) is 17.6 Å². The maximum Gasteiger partial charge on any atom is 0.416 e. The number of carboxylic acids is 1. The maximum atomic E-state index is 12.7. The number of rotatable bonds is 9. The molecule has 1 aromatic heterocycles. The van der Waals surface area contributed by atoms with Gasteiger partial charge in [-0.15, -0.1) is 0 Å². The first-order valence-electron chi connectivity index (χ1n) is 9.33. The minimum atomic E-state index is -4.40. The van der Waals surface area contributed by atoms with Crippen LogP contribution in [0.1, 0.15) is 27.9 Å². The molecule has 164 valence electrons. The summed E-state index contributed by atoms with van der Waals surface area (Å²) in [5.41, 5.74) is 0.0520. The molecule has 0 bridgehead atoms. The van der Waals surface area contributed by atoms with Crippen LogP contribution in [-0.2, 0) is 17.5 Å². The van der Waals surface area contributed by atoms with Gasteiger partial charge in [0.2, 0.25) is 0 Å². The van der Waals surface area contributed by atoms with Crippen LogP contribution in [0.3, 0.4) is 0 Å². The summed E-state index contributed by atoms with van der Waals surface area (Å²) in [6.45, 7) is 1.02. The lowest BCUT2D eigenvalue weighted by atomic mass is 10.1. The van der Waals surface area contributed by atoms with Gasteiger partial charge in [0.1, 0.15) is 17.9 Å².